The average molecular weight is 290 g/mol. The molecule has 2 heterocycles. The molecule has 2 rings (SSSR count). The quantitative estimate of drug-likeness (QED) is 0.778. The summed E-state index contributed by atoms with van der Waals surface area (Å²) in [7, 11) is 1.63. The van der Waals surface area contributed by atoms with Gasteiger partial charge < -0.3 is 19.8 Å². The van der Waals surface area contributed by atoms with Gasteiger partial charge in [-0.1, -0.05) is 6.92 Å². The van der Waals surface area contributed by atoms with Gasteiger partial charge in [-0.3, -0.25) is 0 Å². The summed E-state index contributed by atoms with van der Waals surface area (Å²) in [5.74, 6) is 3.06. The lowest BCUT2D eigenvalue weighted by Crippen LogP contribution is -2.11. The monoisotopic (exact) mass is 290 g/mol. The Morgan fingerprint density at radius 1 is 1.33 bits per heavy atom. The lowest BCUT2D eigenvalue weighted by molar-refractivity contribution is 0.178. The van der Waals surface area contributed by atoms with Gasteiger partial charge in [0, 0.05) is 19.7 Å². The fourth-order valence-corrected chi connectivity index (χ4v) is 1.94. The second-order valence-corrected chi connectivity index (χ2v) is 4.80. The zero-order valence-electron chi connectivity index (χ0n) is 12.7. The van der Waals surface area contributed by atoms with Crippen molar-refractivity contribution >= 4 is 11.6 Å². The molecule has 0 aliphatic carbocycles. The number of nitrogens with zero attached hydrogens (tertiary/aromatic N) is 2. The van der Waals surface area contributed by atoms with E-state index in [0.717, 1.165) is 30.4 Å². The van der Waals surface area contributed by atoms with Gasteiger partial charge in [-0.05, 0) is 25.5 Å². The zero-order valence-corrected chi connectivity index (χ0v) is 12.7. The third kappa shape index (κ3) is 4.46. The minimum Gasteiger partial charge on any atom is -0.467 e. The molecule has 0 saturated heterocycles. The van der Waals surface area contributed by atoms with Crippen molar-refractivity contribution in [2.75, 3.05) is 24.3 Å². The molecule has 0 radical (unpaired) electrons. The van der Waals surface area contributed by atoms with Crippen LogP contribution in [0.25, 0.3) is 0 Å². The normalized spacial score (nSPS) is 12.1. The van der Waals surface area contributed by atoms with Crippen molar-refractivity contribution in [1.29, 1.82) is 0 Å². The maximum atomic E-state index is 5.39. The predicted molar refractivity (Wildman–Crippen MR) is 82.3 cm³/mol. The summed E-state index contributed by atoms with van der Waals surface area (Å²) in [4.78, 5) is 8.87. The van der Waals surface area contributed by atoms with Crippen LogP contribution < -0.4 is 10.6 Å². The molecule has 0 aliphatic rings. The van der Waals surface area contributed by atoms with Crippen LogP contribution in [0.4, 0.5) is 11.6 Å². The molecule has 0 fully saturated rings. The molecule has 0 amide bonds. The van der Waals surface area contributed by atoms with Crippen molar-refractivity contribution < 1.29 is 9.15 Å². The summed E-state index contributed by atoms with van der Waals surface area (Å²) < 4.78 is 10.5. The largest absolute Gasteiger partial charge is 0.467 e. The number of aromatic nitrogens is 2. The highest BCUT2D eigenvalue weighted by Crippen LogP contribution is 2.20. The fraction of sp³-hybridized carbons (Fsp3) is 0.467. The van der Waals surface area contributed by atoms with Crippen LogP contribution in [0, 0.1) is 0 Å². The molecule has 0 aliphatic heterocycles. The summed E-state index contributed by atoms with van der Waals surface area (Å²) in [5, 5.41) is 6.59. The Kier molecular flexibility index (Phi) is 5.57. The summed E-state index contributed by atoms with van der Waals surface area (Å²) in [6.07, 6.45) is 2.70. The molecule has 2 aromatic rings. The Labute approximate surface area is 124 Å². The smallest absolute Gasteiger partial charge is 0.158 e. The minimum absolute atomic E-state index is 0.0318. The maximum absolute atomic E-state index is 5.39. The Hall–Kier alpha value is -2.08. The first-order valence-electron chi connectivity index (χ1n) is 7.13. The number of furan rings is 1. The molecule has 0 saturated carbocycles. The molecule has 1 unspecified atom stereocenters. The van der Waals surface area contributed by atoms with E-state index in [1.54, 1.807) is 13.4 Å². The zero-order chi connectivity index (χ0) is 15.1. The first kappa shape index (κ1) is 15.3. The number of rotatable bonds is 8. The van der Waals surface area contributed by atoms with E-state index in [1.807, 2.05) is 25.1 Å². The molecule has 114 valence electrons. The van der Waals surface area contributed by atoms with Crippen LogP contribution in [0.3, 0.4) is 0 Å². The van der Waals surface area contributed by atoms with Crippen LogP contribution in [0.1, 0.15) is 37.9 Å². The standard InChI is InChI=1S/C15H22N4O2/c1-4-7-16-13-9-14(19-15(18-13)10-20-3)17-11(2)12-6-5-8-21-12/h5-6,8-9,11H,4,7,10H2,1-3H3,(H2,16,17,18,19). The molecule has 6 nitrogen and oxygen atoms in total. The fourth-order valence-electron chi connectivity index (χ4n) is 1.94. The average Bonchev–Trinajstić information content (AvgIpc) is 2.99. The highest BCUT2D eigenvalue weighted by Gasteiger charge is 2.11. The van der Waals surface area contributed by atoms with Crippen LogP contribution in [0.2, 0.25) is 0 Å². The number of ether oxygens (including phenoxy) is 1. The summed E-state index contributed by atoms with van der Waals surface area (Å²) >= 11 is 0. The van der Waals surface area contributed by atoms with Crippen molar-refractivity contribution in [3.05, 3.63) is 36.0 Å². The summed E-state index contributed by atoms with van der Waals surface area (Å²) in [5.41, 5.74) is 0. The molecule has 0 bridgehead atoms. The van der Waals surface area contributed by atoms with Crippen LogP contribution in [0.5, 0.6) is 0 Å². The first-order chi connectivity index (χ1) is 10.2. The van der Waals surface area contributed by atoms with E-state index >= 15 is 0 Å². The van der Waals surface area contributed by atoms with Crippen molar-refractivity contribution in [2.24, 2.45) is 0 Å². The van der Waals surface area contributed by atoms with Crippen molar-refractivity contribution in [3.8, 4) is 0 Å². The Morgan fingerprint density at radius 2 is 2.14 bits per heavy atom. The van der Waals surface area contributed by atoms with Crippen LogP contribution >= 0.6 is 0 Å². The molecule has 2 N–H and O–H groups in total. The van der Waals surface area contributed by atoms with Gasteiger partial charge >= 0.3 is 0 Å². The highest BCUT2D eigenvalue weighted by molar-refractivity contribution is 5.48. The van der Waals surface area contributed by atoms with Gasteiger partial charge in [0.05, 0.1) is 12.3 Å². The van der Waals surface area contributed by atoms with Gasteiger partial charge in [-0.15, -0.1) is 0 Å². The first-order valence-corrected chi connectivity index (χ1v) is 7.13. The molecular weight excluding hydrogens is 268 g/mol. The van der Waals surface area contributed by atoms with E-state index in [4.69, 9.17) is 9.15 Å². The highest BCUT2D eigenvalue weighted by atomic mass is 16.5. The van der Waals surface area contributed by atoms with Crippen LogP contribution in [0.15, 0.2) is 28.9 Å². The minimum atomic E-state index is 0.0318. The lowest BCUT2D eigenvalue weighted by Gasteiger charge is -2.14. The number of anilines is 2. The van der Waals surface area contributed by atoms with Crippen molar-refractivity contribution in [1.82, 2.24) is 9.97 Å². The summed E-state index contributed by atoms with van der Waals surface area (Å²) in [6, 6.07) is 5.74. The van der Waals surface area contributed by atoms with E-state index < -0.39 is 0 Å². The van der Waals surface area contributed by atoms with E-state index in [1.165, 1.54) is 0 Å². The second-order valence-electron chi connectivity index (χ2n) is 4.80. The Balaban J connectivity index is 2.14. The van der Waals surface area contributed by atoms with E-state index in [9.17, 15) is 0 Å². The van der Waals surface area contributed by atoms with E-state index in [-0.39, 0.29) is 6.04 Å². The van der Waals surface area contributed by atoms with E-state index in [2.05, 4.69) is 27.5 Å². The Bertz CT molecular complexity index is 543. The Morgan fingerprint density at radius 3 is 2.81 bits per heavy atom. The number of nitrogens with one attached hydrogen (secondary N) is 2. The summed E-state index contributed by atoms with van der Waals surface area (Å²) in [6.45, 7) is 5.39. The molecular formula is C15H22N4O2. The van der Waals surface area contributed by atoms with Gasteiger partial charge in [0.2, 0.25) is 0 Å². The molecule has 0 spiro atoms. The third-order valence-corrected chi connectivity index (χ3v) is 2.94. The van der Waals surface area contributed by atoms with Gasteiger partial charge in [-0.2, -0.15) is 0 Å². The number of methoxy groups -OCH3 is 1. The van der Waals surface area contributed by atoms with E-state index in [0.29, 0.717) is 12.4 Å². The van der Waals surface area contributed by atoms with Crippen molar-refractivity contribution in [2.45, 2.75) is 32.9 Å². The van der Waals surface area contributed by atoms with Crippen LogP contribution in [-0.2, 0) is 11.3 Å². The molecule has 6 heteroatoms. The molecule has 21 heavy (non-hydrogen) atoms. The van der Waals surface area contributed by atoms with Gasteiger partial charge in [-0.25, -0.2) is 9.97 Å². The van der Waals surface area contributed by atoms with Crippen LogP contribution in [-0.4, -0.2) is 23.6 Å². The third-order valence-electron chi connectivity index (χ3n) is 2.94. The lowest BCUT2D eigenvalue weighted by atomic mass is 10.2. The maximum Gasteiger partial charge on any atom is 0.158 e. The SMILES string of the molecule is CCCNc1cc(NC(C)c2ccco2)nc(COC)n1. The predicted octanol–water partition coefficient (Wildman–Crippen LogP) is 3.21. The van der Waals surface area contributed by atoms with Crippen molar-refractivity contribution in [3.63, 3.8) is 0 Å². The van der Waals surface area contributed by atoms with Gasteiger partial charge in [0.25, 0.3) is 0 Å². The topological polar surface area (TPSA) is 72.2 Å². The number of hydrogen-bond acceptors (Lipinski definition) is 6. The molecule has 1 atom stereocenters. The number of hydrogen-bond donors (Lipinski definition) is 2. The second kappa shape index (κ2) is 7.64. The van der Waals surface area contributed by atoms with Gasteiger partial charge in [0.15, 0.2) is 5.82 Å². The molecule has 2 aromatic heterocycles. The van der Waals surface area contributed by atoms with Gasteiger partial charge in [0.1, 0.15) is 24.0 Å². The molecule has 0 aromatic carbocycles.